The minimum atomic E-state index is -0.757. The number of hydrogen-bond acceptors (Lipinski definition) is 6. The number of non-ortho nitro benzene ring substituents is 1. The lowest BCUT2D eigenvalue weighted by Gasteiger charge is -2.11. The number of hydrazine groups is 1. The maximum absolute atomic E-state index is 11.9. The lowest BCUT2D eigenvalue weighted by molar-refractivity contribution is -0.384. The molecule has 1 aliphatic heterocycles. The van der Waals surface area contributed by atoms with E-state index in [4.69, 9.17) is 5.84 Å². The molecule has 2 rings (SSSR count). The van der Waals surface area contributed by atoms with Crippen molar-refractivity contribution >= 4 is 23.4 Å². The molecule has 9 heteroatoms. The second-order valence-corrected chi connectivity index (χ2v) is 3.75. The standard InChI is InChI=1S/C10H8N4O5/c11-12-8(15)4-13-9(16)6-2-1-5(14(18)19)3-7(6)10(13)17/h1-3H,4,11H2,(H,12,15). The third kappa shape index (κ3) is 2.02. The van der Waals surface area contributed by atoms with E-state index in [9.17, 15) is 24.5 Å². The van der Waals surface area contributed by atoms with E-state index in [2.05, 4.69) is 0 Å². The molecule has 3 N–H and O–H groups in total. The van der Waals surface area contributed by atoms with Crippen LogP contribution in [0, 0.1) is 10.1 Å². The van der Waals surface area contributed by atoms with Crippen LogP contribution >= 0.6 is 0 Å². The van der Waals surface area contributed by atoms with Crippen LogP contribution in [0.1, 0.15) is 20.7 Å². The molecule has 1 aliphatic rings. The van der Waals surface area contributed by atoms with Crippen molar-refractivity contribution in [2.45, 2.75) is 0 Å². The van der Waals surface area contributed by atoms with Crippen molar-refractivity contribution < 1.29 is 19.3 Å². The molecule has 0 aliphatic carbocycles. The molecule has 3 amide bonds. The Labute approximate surface area is 106 Å². The number of hydrogen-bond donors (Lipinski definition) is 2. The number of nitro benzene ring substituents is 1. The monoisotopic (exact) mass is 264 g/mol. The van der Waals surface area contributed by atoms with Crippen molar-refractivity contribution in [1.82, 2.24) is 10.3 Å². The topological polar surface area (TPSA) is 136 Å². The van der Waals surface area contributed by atoms with Crippen LogP contribution in [0.15, 0.2) is 18.2 Å². The van der Waals surface area contributed by atoms with E-state index in [1.165, 1.54) is 6.07 Å². The van der Waals surface area contributed by atoms with Crippen molar-refractivity contribution in [2.24, 2.45) is 5.84 Å². The Kier molecular flexibility index (Phi) is 2.97. The summed E-state index contributed by atoms with van der Waals surface area (Å²) in [4.78, 5) is 45.5. The van der Waals surface area contributed by atoms with Gasteiger partial charge in [-0.25, -0.2) is 5.84 Å². The Hall–Kier alpha value is -2.81. The largest absolute Gasteiger partial charge is 0.293 e. The van der Waals surface area contributed by atoms with Crippen molar-refractivity contribution in [3.8, 4) is 0 Å². The lowest BCUT2D eigenvalue weighted by atomic mass is 10.1. The molecule has 98 valence electrons. The zero-order chi connectivity index (χ0) is 14.2. The SMILES string of the molecule is NNC(=O)CN1C(=O)c2ccc([N+](=O)[O-])cc2C1=O. The van der Waals surface area contributed by atoms with Crippen LogP contribution in [-0.4, -0.2) is 34.1 Å². The normalized spacial score (nSPS) is 13.4. The second-order valence-electron chi connectivity index (χ2n) is 3.75. The molecular weight excluding hydrogens is 256 g/mol. The van der Waals surface area contributed by atoms with E-state index in [1.54, 1.807) is 5.43 Å². The summed E-state index contributed by atoms with van der Waals surface area (Å²) < 4.78 is 0. The van der Waals surface area contributed by atoms with Gasteiger partial charge in [0.05, 0.1) is 16.1 Å². The molecule has 19 heavy (non-hydrogen) atoms. The summed E-state index contributed by atoms with van der Waals surface area (Å²) in [6, 6.07) is 3.32. The summed E-state index contributed by atoms with van der Waals surface area (Å²) in [6.45, 7) is -0.531. The van der Waals surface area contributed by atoms with Gasteiger partial charge in [0.1, 0.15) is 6.54 Å². The minimum absolute atomic E-state index is 0.0282. The zero-order valence-electron chi connectivity index (χ0n) is 9.45. The number of nitrogens with one attached hydrogen (secondary N) is 1. The number of amides is 3. The number of nitrogens with two attached hydrogens (primary N) is 1. The van der Waals surface area contributed by atoms with Crippen LogP contribution in [0.4, 0.5) is 5.69 Å². The van der Waals surface area contributed by atoms with E-state index < -0.39 is 29.2 Å². The first-order valence-electron chi connectivity index (χ1n) is 5.09. The van der Waals surface area contributed by atoms with Gasteiger partial charge in [-0.05, 0) is 6.07 Å². The number of rotatable bonds is 3. The molecule has 0 bridgehead atoms. The van der Waals surface area contributed by atoms with Crippen LogP contribution in [-0.2, 0) is 4.79 Å². The molecule has 0 saturated carbocycles. The van der Waals surface area contributed by atoms with Crippen LogP contribution in [0.25, 0.3) is 0 Å². The summed E-state index contributed by atoms with van der Waals surface area (Å²) in [7, 11) is 0. The van der Waals surface area contributed by atoms with Crippen LogP contribution in [0.5, 0.6) is 0 Å². The smallest absolute Gasteiger partial charge is 0.270 e. The summed E-state index contributed by atoms with van der Waals surface area (Å²) in [5.74, 6) is 2.71. The maximum atomic E-state index is 11.9. The van der Waals surface area contributed by atoms with Crippen LogP contribution in [0.2, 0.25) is 0 Å². The Morgan fingerprint density at radius 2 is 1.95 bits per heavy atom. The lowest BCUT2D eigenvalue weighted by Crippen LogP contribution is -2.42. The highest BCUT2D eigenvalue weighted by Crippen LogP contribution is 2.26. The fraction of sp³-hybridized carbons (Fsp3) is 0.100. The van der Waals surface area contributed by atoms with E-state index in [1.807, 2.05) is 0 Å². The van der Waals surface area contributed by atoms with Crippen LogP contribution in [0.3, 0.4) is 0 Å². The first-order chi connectivity index (χ1) is 8.95. The highest BCUT2D eigenvalue weighted by Gasteiger charge is 2.37. The number of imide groups is 1. The van der Waals surface area contributed by atoms with Gasteiger partial charge in [0.2, 0.25) is 0 Å². The molecule has 0 fully saturated rings. The van der Waals surface area contributed by atoms with E-state index in [0.29, 0.717) is 4.90 Å². The van der Waals surface area contributed by atoms with Gasteiger partial charge in [0.15, 0.2) is 0 Å². The molecule has 9 nitrogen and oxygen atoms in total. The van der Waals surface area contributed by atoms with E-state index in [0.717, 1.165) is 12.1 Å². The first-order valence-corrected chi connectivity index (χ1v) is 5.09. The third-order valence-corrected chi connectivity index (χ3v) is 2.63. The van der Waals surface area contributed by atoms with Crippen molar-refractivity contribution in [2.75, 3.05) is 6.54 Å². The van der Waals surface area contributed by atoms with Gasteiger partial charge < -0.3 is 0 Å². The minimum Gasteiger partial charge on any atom is -0.293 e. The maximum Gasteiger partial charge on any atom is 0.270 e. The van der Waals surface area contributed by atoms with E-state index in [-0.39, 0.29) is 16.8 Å². The van der Waals surface area contributed by atoms with Gasteiger partial charge in [-0.2, -0.15) is 0 Å². The predicted molar refractivity (Wildman–Crippen MR) is 60.8 cm³/mol. The average molecular weight is 264 g/mol. The fourth-order valence-electron chi connectivity index (χ4n) is 1.73. The number of carbonyl (C=O) groups is 3. The molecule has 0 aromatic heterocycles. The Morgan fingerprint density at radius 3 is 2.53 bits per heavy atom. The molecule has 0 spiro atoms. The molecular formula is C10H8N4O5. The van der Waals surface area contributed by atoms with Gasteiger partial charge in [0.25, 0.3) is 23.4 Å². The number of fused-ring (bicyclic) bond motifs is 1. The van der Waals surface area contributed by atoms with Gasteiger partial charge >= 0.3 is 0 Å². The Bertz CT molecular complexity index is 612. The summed E-state index contributed by atoms with van der Waals surface area (Å²) in [5, 5.41) is 10.6. The van der Waals surface area contributed by atoms with Crippen molar-refractivity contribution in [3.05, 3.63) is 39.4 Å². The molecule has 0 radical (unpaired) electrons. The zero-order valence-corrected chi connectivity index (χ0v) is 9.45. The van der Waals surface area contributed by atoms with Gasteiger partial charge in [-0.3, -0.25) is 34.8 Å². The Morgan fingerprint density at radius 1 is 1.32 bits per heavy atom. The highest BCUT2D eigenvalue weighted by atomic mass is 16.6. The quantitative estimate of drug-likeness (QED) is 0.241. The van der Waals surface area contributed by atoms with Gasteiger partial charge in [-0.1, -0.05) is 0 Å². The van der Waals surface area contributed by atoms with Gasteiger partial charge in [0, 0.05) is 12.1 Å². The summed E-state index contributed by atoms with van der Waals surface area (Å²) >= 11 is 0. The molecule has 0 atom stereocenters. The fourth-order valence-corrected chi connectivity index (χ4v) is 1.73. The molecule has 1 heterocycles. The second kappa shape index (κ2) is 4.46. The number of nitro groups is 1. The van der Waals surface area contributed by atoms with Gasteiger partial charge in [-0.15, -0.1) is 0 Å². The summed E-state index contributed by atoms with van der Waals surface area (Å²) in [6.07, 6.45) is 0. The highest BCUT2D eigenvalue weighted by molar-refractivity contribution is 6.22. The average Bonchev–Trinajstić information content (AvgIpc) is 2.63. The number of benzene rings is 1. The molecule has 1 aromatic carbocycles. The van der Waals surface area contributed by atoms with Crippen LogP contribution < -0.4 is 11.3 Å². The predicted octanol–water partition coefficient (Wildman–Crippen LogP) is -0.819. The number of nitrogens with zero attached hydrogens (tertiary/aromatic N) is 2. The third-order valence-electron chi connectivity index (χ3n) is 2.63. The molecule has 0 saturated heterocycles. The van der Waals surface area contributed by atoms with Crippen molar-refractivity contribution in [3.63, 3.8) is 0 Å². The first kappa shape index (κ1) is 12.6. The Balaban J connectivity index is 2.38. The molecule has 0 unspecified atom stereocenters. The van der Waals surface area contributed by atoms with E-state index >= 15 is 0 Å². The number of carbonyl (C=O) groups excluding carboxylic acids is 3. The summed E-state index contributed by atoms with van der Waals surface area (Å²) in [5.41, 5.74) is 1.43. The molecule has 1 aromatic rings. The van der Waals surface area contributed by atoms with Crippen molar-refractivity contribution in [1.29, 1.82) is 0 Å².